The molecule has 0 saturated heterocycles. The second kappa shape index (κ2) is 5.12. The second-order valence-corrected chi connectivity index (χ2v) is 3.89. The minimum Gasteiger partial charge on any atom is -0.256 e. The maximum atomic E-state index is 13.6. The predicted octanol–water partition coefficient (Wildman–Crippen LogP) is 4.07. The lowest BCUT2D eigenvalue weighted by Crippen LogP contribution is -1.89. The fourth-order valence-corrected chi connectivity index (χ4v) is 1.60. The highest BCUT2D eigenvalue weighted by molar-refractivity contribution is 7.78. The monoisotopic (exact) mass is 262 g/mol. The number of nitrogens with zero attached hydrogens (tertiary/aromatic N) is 2. The first-order valence-corrected chi connectivity index (χ1v) is 5.52. The lowest BCUT2D eigenvalue weighted by atomic mass is 10.1. The minimum absolute atomic E-state index is 0.355. The highest BCUT2D eigenvalue weighted by atomic mass is 32.1. The van der Waals surface area contributed by atoms with E-state index in [9.17, 15) is 8.78 Å². The zero-order valence-corrected chi connectivity index (χ0v) is 10.3. The van der Waals surface area contributed by atoms with E-state index in [-0.39, 0.29) is 0 Å². The van der Waals surface area contributed by atoms with Gasteiger partial charge >= 0.3 is 0 Å². The molecule has 2 aromatic rings. The van der Waals surface area contributed by atoms with Crippen LogP contribution in [0.3, 0.4) is 0 Å². The van der Waals surface area contributed by atoms with E-state index in [0.29, 0.717) is 11.3 Å². The Morgan fingerprint density at radius 1 is 1.22 bits per heavy atom. The summed E-state index contributed by atoms with van der Waals surface area (Å²) in [5.41, 5.74) is 1.40. The van der Waals surface area contributed by atoms with Gasteiger partial charge in [-0.3, -0.25) is 4.98 Å². The van der Waals surface area contributed by atoms with Crippen LogP contribution in [0.1, 0.15) is 5.56 Å². The summed E-state index contributed by atoms with van der Waals surface area (Å²) in [6.45, 7) is 1.88. The first-order chi connectivity index (χ1) is 8.61. The normalized spacial score (nSPS) is 9.94. The maximum Gasteiger partial charge on any atom is 0.153 e. The summed E-state index contributed by atoms with van der Waals surface area (Å²) in [4.78, 5) is 7.46. The van der Waals surface area contributed by atoms with E-state index in [1.807, 2.05) is 18.2 Å². The van der Waals surface area contributed by atoms with Gasteiger partial charge in [-0.25, -0.2) is 8.78 Å². The van der Waals surface area contributed by atoms with Gasteiger partial charge in [-0.2, -0.15) is 4.99 Å². The van der Waals surface area contributed by atoms with E-state index in [1.165, 1.54) is 12.1 Å². The van der Waals surface area contributed by atoms with Crippen molar-refractivity contribution >= 4 is 23.1 Å². The van der Waals surface area contributed by atoms with Crippen LogP contribution in [0.25, 0.3) is 11.3 Å². The highest BCUT2D eigenvalue weighted by Gasteiger charge is 2.11. The Kier molecular flexibility index (Phi) is 3.55. The van der Waals surface area contributed by atoms with Crippen LogP contribution in [0.2, 0.25) is 0 Å². The van der Waals surface area contributed by atoms with Gasteiger partial charge in [-0.1, -0.05) is 6.07 Å². The minimum atomic E-state index is -0.787. The molecule has 0 aliphatic rings. The first kappa shape index (κ1) is 12.5. The molecule has 2 nitrogen and oxygen atoms in total. The van der Waals surface area contributed by atoms with Gasteiger partial charge in [0.1, 0.15) is 5.69 Å². The molecule has 0 atom stereocenters. The molecule has 0 aliphatic heterocycles. The predicted molar refractivity (Wildman–Crippen MR) is 69.0 cm³/mol. The van der Waals surface area contributed by atoms with Gasteiger partial charge in [0, 0.05) is 11.8 Å². The molecule has 0 unspecified atom stereocenters. The average Bonchev–Trinajstić information content (AvgIpc) is 2.34. The van der Waals surface area contributed by atoms with Crippen molar-refractivity contribution in [1.29, 1.82) is 0 Å². The van der Waals surface area contributed by atoms with E-state index in [0.717, 1.165) is 5.56 Å². The van der Waals surface area contributed by atoms with Crippen molar-refractivity contribution in [2.45, 2.75) is 6.92 Å². The van der Waals surface area contributed by atoms with Crippen LogP contribution in [0, 0.1) is 18.6 Å². The van der Waals surface area contributed by atoms with Gasteiger partial charge in [0.15, 0.2) is 11.6 Å². The number of benzene rings is 1. The van der Waals surface area contributed by atoms with Gasteiger partial charge in [-0.05, 0) is 42.9 Å². The van der Waals surface area contributed by atoms with Crippen molar-refractivity contribution in [2.75, 3.05) is 0 Å². The molecule has 2 rings (SSSR count). The molecule has 0 spiro atoms. The van der Waals surface area contributed by atoms with E-state index < -0.39 is 17.3 Å². The standard InChI is InChI=1S/C13H8F2N2S/c1-8-2-3-12(16-6-8)9-4-10(14)13(17-7-18)11(15)5-9/h2-6H,1H3. The Morgan fingerprint density at radius 3 is 2.39 bits per heavy atom. The van der Waals surface area contributed by atoms with Crippen LogP contribution in [0.15, 0.2) is 35.5 Å². The number of isothiocyanates is 1. The maximum absolute atomic E-state index is 13.6. The number of thiocarbonyl (C=S) groups is 1. The summed E-state index contributed by atoms with van der Waals surface area (Å²) in [7, 11) is 0. The molecule has 0 aliphatic carbocycles. The number of hydrogen-bond donors (Lipinski definition) is 0. The Bertz CT molecular complexity index is 609. The molecule has 1 heterocycles. The molecule has 18 heavy (non-hydrogen) atoms. The summed E-state index contributed by atoms with van der Waals surface area (Å²) in [6.07, 6.45) is 1.63. The molecule has 0 fully saturated rings. The summed E-state index contributed by atoms with van der Waals surface area (Å²) >= 11 is 4.33. The van der Waals surface area contributed by atoms with Gasteiger partial charge in [0.2, 0.25) is 0 Å². The van der Waals surface area contributed by atoms with Crippen LogP contribution in [-0.2, 0) is 0 Å². The largest absolute Gasteiger partial charge is 0.256 e. The topological polar surface area (TPSA) is 25.2 Å². The van der Waals surface area contributed by atoms with Gasteiger partial charge in [0.25, 0.3) is 0 Å². The van der Waals surface area contributed by atoms with Gasteiger partial charge < -0.3 is 0 Å². The quantitative estimate of drug-likeness (QED) is 0.602. The SMILES string of the molecule is Cc1ccc(-c2cc(F)c(N=C=S)c(F)c2)nc1. The molecular formula is C13H8F2N2S. The smallest absolute Gasteiger partial charge is 0.153 e. The lowest BCUT2D eigenvalue weighted by molar-refractivity contribution is 0.588. The highest BCUT2D eigenvalue weighted by Crippen LogP contribution is 2.28. The van der Waals surface area contributed by atoms with E-state index in [1.54, 1.807) is 12.3 Å². The third-order valence-electron chi connectivity index (χ3n) is 2.38. The fourth-order valence-electron chi connectivity index (χ4n) is 1.50. The Labute approximate surface area is 108 Å². The molecule has 5 heteroatoms. The summed E-state index contributed by atoms with van der Waals surface area (Å²) < 4.78 is 27.2. The van der Waals surface area contributed by atoms with Crippen LogP contribution in [-0.4, -0.2) is 10.1 Å². The Hall–Kier alpha value is -1.97. The molecule has 0 amide bonds. The van der Waals surface area contributed by atoms with Crippen molar-refractivity contribution in [3.63, 3.8) is 0 Å². The first-order valence-electron chi connectivity index (χ1n) is 5.12. The third kappa shape index (κ3) is 2.47. The van der Waals surface area contributed by atoms with E-state index in [4.69, 9.17) is 0 Å². The zero-order chi connectivity index (χ0) is 13.1. The molecule has 90 valence electrons. The number of hydrogen-bond acceptors (Lipinski definition) is 3. The summed E-state index contributed by atoms with van der Waals surface area (Å²) in [5.74, 6) is -1.57. The molecule has 0 radical (unpaired) electrons. The molecule has 0 bridgehead atoms. The molecule has 1 aromatic heterocycles. The number of aromatic nitrogens is 1. The fraction of sp³-hybridized carbons (Fsp3) is 0.0769. The Morgan fingerprint density at radius 2 is 1.89 bits per heavy atom. The lowest BCUT2D eigenvalue weighted by Gasteiger charge is -2.04. The van der Waals surface area contributed by atoms with Crippen LogP contribution < -0.4 is 0 Å². The molecule has 0 N–H and O–H groups in total. The van der Waals surface area contributed by atoms with Crippen molar-refractivity contribution in [3.05, 3.63) is 47.7 Å². The Balaban J connectivity index is 2.54. The number of aryl methyl sites for hydroxylation is 1. The van der Waals surface area contributed by atoms with Crippen LogP contribution in [0.4, 0.5) is 14.5 Å². The van der Waals surface area contributed by atoms with Crippen molar-refractivity contribution in [2.24, 2.45) is 4.99 Å². The number of rotatable bonds is 2. The van der Waals surface area contributed by atoms with Crippen molar-refractivity contribution < 1.29 is 8.78 Å². The van der Waals surface area contributed by atoms with Crippen molar-refractivity contribution in [1.82, 2.24) is 4.98 Å². The number of aliphatic imine (C=N–C) groups is 1. The van der Waals surface area contributed by atoms with E-state index in [2.05, 4.69) is 22.2 Å². The summed E-state index contributed by atoms with van der Waals surface area (Å²) in [6, 6.07) is 5.87. The van der Waals surface area contributed by atoms with Crippen LogP contribution >= 0.6 is 12.2 Å². The number of pyridine rings is 1. The third-order valence-corrected chi connectivity index (χ3v) is 2.47. The average molecular weight is 262 g/mol. The molecule has 1 aromatic carbocycles. The van der Waals surface area contributed by atoms with Crippen LogP contribution in [0.5, 0.6) is 0 Å². The van der Waals surface area contributed by atoms with Crippen molar-refractivity contribution in [3.8, 4) is 11.3 Å². The molecular weight excluding hydrogens is 254 g/mol. The zero-order valence-electron chi connectivity index (χ0n) is 9.45. The number of halogens is 2. The van der Waals surface area contributed by atoms with Gasteiger partial charge in [0.05, 0.1) is 10.9 Å². The molecule has 0 saturated carbocycles. The second-order valence-electron chi connectivity index (χ2n) is 3.71. The van der Waals surface area contributed by atoms with E-state index >= 15 is 0 Å². The van der Waals surface area contributed by atoms with Gasteiger partial charge in [-0.15, -0.1) is 0 Å². The summed E-state index contributed by atoms with van der Waals surface area (Å²) in [5, 5.41) is 1.95.